The number of nitrogens with two attached hydrogens (primary N) is 1. The lowest BCUT2D eigenvalue weighted by Gasteiger charge is -2.19. The van der Waals surface area contributed by atoms with Crippen LogP contribution in [-0.4, -0.2) is 30.6 Å². The molecule has 6 nitrogen and oxygen atoms in total. The summed E-state index contributed by atoms with van der Waals surface area (Å²) in [7, 11) is 1.28. The number of aromatic nitrogens is 1. The third-order valence-electron chi connectivity index (χ3n) is 2.06. The third-order valence-corrected chi connectivity index (χ3v) is 2.28. The number of hydrogen-bond donors (Lipinski definition) is 1. The first-order valence-corrected chi connectivity index (χ1v) is 5.17. The number of rotatable bonds is 4. The summed E-state index contributed by atoms with van der Waals surface area (Å²) in [6, 6.07) is 2.46. The van der Waals surface area contributed by atoms with Gasteiger partial charge in [-0.1, -0.05) is 11.6 Å². The summed E-state index contributed by atoms with van der Waals surface area (Å²) in [5, 5.41) is 0.311. The largest absolute Gasteiger partial charge is 0.469 e. The molecular weight excluding hydrogens is 246 g/mol. The Bertz CT molecular complexity index is 408. The number of ether oxygens (including phenoxy) is 1. The molecule has 1 rings (SSSR count). The van der Waals surface area contributed by atoms with Crippen molar-refractivity contribution in [3.8, 4) is 0 Å². The number of methoxy groups -OCH3 is 1. The minimum Gasteiger partial charge on any atom is -0.469 e. The maximum absolute atomic E-state index is 11.2. The van der Waals surface area contributed by atoms with Gasteiger partial charge < -0.3 is 10.5 Å². The average molecular weight is 258 g/mol. The number of anilines is 1. The van der Waals surface area contributed by atoms with E-state index < -0.39 is 12.0 Å². The molecule has 0 aliphatic heterocycles. The molecule has 0 fully saturated rings. The maximum Gasteiger partial charge on any atom is 0.319 e. The van der Waals surface area contributed by atoms with Gasteiger partial charge in [-0.15, -0.1) is 0 Å². The summed E-state index contributed by atoms with van der Waals surface area (Å²) in [4.78, 5) is 27.3. The number of primary amides is 1. The van der Waals surface area contributed by atoms with Crippen LogP contribution in [0.1, 0.15) is 6.42 Å². The zero-order chi connectivity index (χ0) is 12.8. The van der Waals surface area contributed by atoms with Crippen LogP contribution in [0.2, 0.25) is 5.15 Å². The predicted molar refractivity (Wildman–Crippen MR) is 62.8 cm³/mol. The second-order valence-corrected chi connectivity index (χ2v) is 3.54. The van der Waals surface area contributed by atoms with Crippen molar-refractivity contribution in [3.63, 3.8) is 0 Å². The maximum atomic E-state index is 11.2. The summed E-state index contributed by atoms with van der Waals surface area (Å²) in [6.07, 6.45) is 1.46. The van der Waals surface area contributed by atoms with Gasteiger partial charge in [0.05, 0.1) is 25.4 Å². The molecule has 2 amide bonds. The van der Waals surface area contributed by atoms with Crippen molar-refractivity contribution in [1.82, 2.24) is 4.98 Å². The van der Waals surface area contributed by atoms with Gasteiger partial charge in [0.1, 0.15) is 5.15 Å². The number of pyridine rings is 1. The van der Waals surface area contributed by atoms with Gasteiger partial charge in [0.2, 0.25) is 0 Å². The molecule has 1 aromatic heterocycles. The summed E-state index contributed by atoms with van der Waals surface area (Å²) in [5.74, 6) is -0.418. The van der Waals surface area contributed by atoms with Gasteiger partial charge in [-0.2, -0.15) is 0 Å². The lowest BCUT2D eigenvalue weighted by atomic mass is 10.3. The van der Waals surface area contributed by atoms with Gasteiger partial charge in [0.25, 0.3) is 0 Å². The first-order valence-electron chi connectivity index (χ1n) is 4.80. The van der Waals surface area contributed by atoms with Crippen LogP contribution in [0.5, 0.6) is 0 Å². The smallest absolute Gasteiger partial charge is 0.319 e. The van der Waals surface area contributed by atoms with E-state index in [0.29, 0.717) is 10.8 Å². The van der Waals surface area contributed by atoms with Gasteiger partial charge in [0.15, 0.2) is 0 Å². The van der Waals surface area contributed by atoms with Crippen LogP contribution in [0, 0.1) is 0 Å². The molecule has 17 heavy (non-hydrogen) atoms. The van der Waals surface area contributed by atoms with Gasteiger partial charge in [0, 0.05) is 6.54 Å². The van der Waals surface area contributed by atoms with Crippen molar-refractivity contribution >= 4 is 29.3 Å². The highest BCUT2D eigenvalue weighted by atomic mass is 35.5. The van der Waals surface area contributed by atoms with Crippen LogP contribution >= 0.6 is 11.6 Å². The van der Waals surface area contributed by atoms with Crippen molar-refractivity contribution in [2.45, 2.75) is 6.42 Å². The molecule has 2 N–H and O–H groups in total. The van der Waals surface area contributed by atoms with Crippen LogP contribution < -0.4 is 10.6 Å². The Balaban J connectivity index is 2.75. The van der Waals surface area contributed by atoms with Crippen molar-refractivity contribution < 1.29 is 14.3 Å². The molecule has 0 atom stereocenters. The number of carbonyl (C=O) groups is 2. The SMILES string of the molecule is COC(=O)CCN(C(N)=O)c1ccc(Cl)nc1. The van der Waals surface area contributed by atoms with Crippen LogP contribution in [0.25, 0.3) is 0 Å². The van der Waals surface area contributed by atoms with E-state index in [1.807, 2.05) is 0 Å². The van der Waals surface area contributed by atoms with E-state index in [0.717, 1.165) is 0 Å². The molecule has 0 spiro atoms. The molecule has 0 radical (unpaired) electrons. The molecule has 1 heterocycles. The first kappa shape index (κ1) is 13.2. The molecule has 0 saturated heterocycles. The second-order valence-electron chi connectivity index (χ2n) is 3.16. The van der Waals surface area contributed by atoms with Gasteiger partial charge >= 0.3 is 12.0 Å². The minimum absolute atomic E-state index is 0.0576. The fraction of sp³-hybridized carbons (Fsp3) is 0.300. The molecule has 0 aromatic carbocycles. The van der Waals surface area contributed by atoms with E-state index >= 15 is 0 Å². The van der Waals surface area contributed by atoms with Crippen LogP contribution in [0.15, 0.2) is 18.3 Å². The lowest BCUT2D eigenvalue weighted by molar-refractivity contribution is -0.140. The van der Waals surface area contributed by atoms with Crippen molar-refractivity contribution in [1.29, 1.82) is 0 Å². The average Bonchev–Trinajstić information content (AvgIpc) is 2.31. The van der Waals surface area contributed by atoms with Gasteiger partial charge in [-0.05, 0) is 12.1 Å². The summed E-state index contributed by atoms with van der Waals surface area (Å²) in [5.41, 5.74) is 5.69. The number of carbonyl (C=O) groups excluding carboxylic acids is 2. The van der Waals surface area contributed by atoms with E-state index in [1.54, 1.807) is 6.07 Å². The van der Waals surface area contributed by atoms with Crippen molar-refractivity contribution in [2.24, 2.45) is 5.73 Å². The molecule has 1 aromatic rings. The Kier molecular flexibility index (Phi) is 4.71. The molecular formula is C10H12ClN3O3. The number of amides is 2. The van der Waals surface area contributed by atoms with Crippen LogP contribution in [-0.2, 0) is 9.53 Å². The third kappa shape index (κ3) is 3.92. The summed E-state index contributed by atoms with van der Waals surface area (Å²) in [6.45, 7) is 0.130. The van der Waals surface area contributed by atoms with Crippen LogP contribution in [0.3, 0.4) is 0 Å². The van der Waals surface area contributed by atoms with E-state index in [1.165, 1.54) is 24.3 Å². The number of esters is 1. The quantitative estimate of drug-likeness (QED) is 0.648. The molecule has 0 bridgehead atoms. The standard InChI is InChI=1S/C10H12ClN3O3/c1-17-9(15)4-5-14(10(12)16)7-2-3-8(11)13-6-7/h2-3,6H,4-5H2,1H3,(H2,12,16). The van der Waals surface area contributed by atoms with E-state index in [4.69, 9.17) is 17.3 Å². The van der Waals surface area contributed by atoms with E-state index in [2.05, 4.69) is 9.72 Å². The number of urea groups is 1. The Hall–Kier alpha value is -1.82. The second kappa shape index (κ2) is 6.05. The Morgan fingerprint density at radius 3 is 2.71 bits per heavy atom. The number of halogens is 1. The fourth-order valence-corrected chi connectivity index (χ4v) is 1.31. The zero-order valence-electron chi connectivity index (χ0n) is 9.22. The minimum atomic E-state index is -0.668. The van der Waals surface area contributed by atoms with Crippen LogP contribution in [0.4, 0.5) is 10.5 Å². The highest BCUT2D eigenvalue weighted by Gasteiger charge is 2.14. The van der Waals surface area contributed by atoms with Gasteiger partial charge in [-0.25, -0.2) is 9.78 Å². The molecule has 0 unspecified atom stereocenters. The zero-order valence-corrected chi connectivity index (χ0v) is 9.98. The highest BCUT2D eigenvalue weighted by molar-refractivity contribution is 6.29. The fourth-order valence-electron chi connectivity index (χ4n) is 1.20. The number of hydrogen-bond acceptors (Lipinski definition) is 4. The normalized spacial score (nSPS) is 9.76. The predicted octanol–water partition coefficient (Wildman–Crippen LogP) is 1.18. The highest BCUT2D eigenvalue weighted by Crippen LogP contribution is 2.15. The topological polar surface area (TPSA) is 85.5 Å². The van der Waals surface area contributed by atoms with Crippen molar-refractivity contribution in [3.05, 3.63) is 23.5 Å². The molecule has 92 valence electrons. The molecule has 0 saturated carbocycles. The van der Waals surface area contributed by atoms with Gasteiger partial charge in [-0.3, -0.25) is 9.69 Å². The summed E-state index contributed by atoms with van der Waals surface area (Å²) < 4.78 is 4.48. The monoisotopic (exact) mass is 257 g/mol. The van der Waals surface area contributed by atoms with E-state index in [-0.39, 0.29) is 13.0 Å². The Morgan fingerprint density at radius 2 is 2.24 bits per heavy atom. The van der Waals surface area contributed by atoms with E-state index in [9.17, 15) is 9.59 Å². The number of nitrogens with zero attached hydrogens (tertiary/aromatic N) is 2. The molecule has 0 aliphatic rings. The first-order chi connectivity index (χ1) is 8.04. The molecule has 0 aliphatic carbocycles. The summed E-state index contributed by atoms with van der Waals surface area (Å²) >= 11 is 5.63. The van der Waals surface area contributed by atoms with Crippen molar-refractivity contribution in [2.75, 3.05) is 18.6 Å². The Morgan fingerprint density at radius 1 is 1.53 bits per heavy atom. The molecule has 7 heteroatoms. The Labute approximate surface area is 103 Å². The lowest BCUT2D eigenvalue weighted by Crippen LogP contribution is -2.37.